The highest BCUT2D eigenvalue weighted by atomic mass is 32.2. The standard InChI is InChI=1S/C15H23NS/c1-2-3-4-5-6-9-12-16-13-17-15-11-8-7-10-14(15)16/h7-8,10-11H,2-6,9,12-13H2,1H3. The Morgan fingerprint density at radius 3 is 2.71 bits per heavy atom. The third-order valence-electron chi connectivity index (χ3n) is 3.36. The second-order valence-electron chi connectivity index (χ2n) is 4.77. The van der Waals surface area contributed by atoms with Gasteiger partial charge in [0, 0.05) is 11.4 Å². The molecule has 0 N–H and O–H groups in total. The highest BCUT2D eigenvalue weighted by Crippen LogP contribution is 2.37. The maximum Gasteiger partial charge on any atom is 0.0686 e. The van der Waals surface area contributed by atoms with Gasteiger partial charge in [-0.3, -0.25) is 0 Å². The summed E-state index contributed by atoms with van der Waals surface area (Å²) in [5, 5.41) is 0. The first-order chi connectivity index (χ1) is 8.42. The molecule has 1 aliphatic rings. The Morgan fingerprint density at radius 2 is 1.82 bits per heavy atom. The van der Waals surface area contributed by atoms with E-state index in [-0.39, 0.29) is 0 Å². The van der Waals surface area contributed by atoms with Crippen molar-refractivity contribution in [2.45, 2.75) is 50.3 Å². The van der Waals surface area contributed by atoms with Crippen molar-refractivity contribution < 1.29 is 0 Å². The fraction of sp³-hybridized carbons (Fsp3) is 0.600. The van der Waals surface area contributed by atoms with E-state index < -0.39 is 0 Å². The van der Waals surface area contributed by atoms with Gasteiger partial charge in [-0.1, -0.05) is 51.2 Å². The molecule has 94 valence electrons. The Balaban J connectivity index is 1.68. The fourth-order valence-corrected chi connectivity index (χ4v) is 3.41. The minimum Gasteiger partial charge on any atom is -0.361 e. The Labute approximate surface area is 110 Å². The van der Waals surface area contributed by atoms with Crippen LogP contribution in [-0.4, -0.2) is 12.4 Å². The molecule has 0 amide bonds. The van der Waals surface area contributed by atoms with E-state index in [0.717, 1.165) is 5.88 Å². The molecular weight excluding hydrogens is 226 g/mol. The summed E-state index contributed by atoms with van der Waals surface area (Å²) in [5.74, 6) is 1.15. The van der Waals surface area contributed by atoms with Gasteiger partial charge in [0.05, 0.1) is 11.6 Å². The van der Waals surface area contributed by atoms with Crippen molar-refractivity contribution in [1.29, 1.82) is 0 Å². The summed E-state index contributed by atoms with van der Waals surface area (Å²) in [4.78, 5) is 3.98. The van der Waals surface area contributed by atoms with Crippen LogP contribution >= 0.6 is 11.8 Å². The maximum absolute atomic E-state index is 2.53. The van der Waals surface area contributed by atoms with Gasteiger partial charge in [-0.25, -0.2) is 0 Å². The quantitative estimate of drug-likeness (QED) is 0.631. The summed E-state index contributed by atoms with van der Waals surface area (Å²) in [6, 6.07) is 8.78. The van der Waals surface area contributed by atoms with Gasteiger partial charge >= 0.3 is 0 Å². The van der Waals surface area contributed by atoms with Crippen LogP contribution in [0.1, 0.15) is 45.4 Å². The average Bonchev–Trinajstić information content (AvgIpc) is 2.77. The van der Waals surface area contributed by atoms with Gasteiger partial charge in [0.1, 0.15) is 0 Å². The fourth-order valence-electron chi connectivity index (χ4n) is 2.33. The normalized spacial score (nSPS) is 14.1. The van der Waals surface area contributed by atoms with Crippen LogP contribution in [0.2, 0.25) is 0 Å². The van der Waals surface area contributed by atoms with E-state index in [1.165, 1.54) is 55.7 Å². The SMILES string of the molecule is CCCCCCCCN1CSc2ccccc21. The van der Waals surface area contributed by atoms with Gasteiger partial charge in [-0.2, -0.15) is 0 Å². The lowest BCUT2D eigenvalue weighted by Gasteiger charge is -2.18. The summed E-state index contributed by atoms with van der Waals surface area (Å²) in [6.07, 6.45) is 8.32. The number of rotatable bonds is 7. The number of unbranched alkanes of at least 4 members (excludes halogenated alkanes) is 5. The first kappa shape index (κ1) is 12.8. The molecule has 0 spiro atoms. The lowest BCUT2D eigenvalue weighted by Crippen LogP contribution is -2.20. The molecular formula is C15H23NS. The zero-order chi connectivity index (χ0) is 11.9. The molecule has 0 saturated heterocycles. The number of thioether (sulfide) groups is 1. The molecule has 1 aromatic rings. The van der Waals surface area contributed by atoms with Crippen LogP contribution in [0.5, 0.6) is 0 Å². The van der Waals surface area contributed by atoms with E-state index in [9.17, 15) is 0 Å². The lowest BCUT2D eigenvalue weighted by atomic mass is 10.1. The number of fused-ring (bicyclic) bond motifs is 1. The second-order valence-corrected chi connectivity index (χ2v) is 5.76. The van der Waals surface area contributed by atoms with Crippen molar-refractivity contribution in [2.24, 2.45) is 0 Å². The van der Waals surface area contributed by atoms with Crippen LogP contribution in [-0.2, 0) is 0 Å². The average molecular weight is 249 g/mol. The van der Waals surface area contributed by atoms with Gasteiger partial charge in [0.25, 0.3) is 0 Å². The largest absolute Gasteiger partial charge is 0.361 e. The molecule has 0 radical (unpaired) electrons. The van der Waals surface area contributed by atoms with Gasteiger partial charge in [0.2, 0.25) is 0 Å². The van der Waals surface area contributed by atoms with Crippen molar-refractivity contribution >= 4 is 17.4 Å². The minimum absolute atomic E-state index is 1.15. The topological polar surface area (TPSA) is 3.24 Å². The van der Waals surface area contributed by atoms with E-state index >= 15 is 0 Å². The zero-order valence-corrected chi connectivity index (χ0v) is 11.6. The van der Waals surface area contributed by atoms with Crippen molar-refractivity contribution in [3.05, 3.63) is 24.3 Å². The number of para-hydroxylation sites is 1. The number of anilines is 1. The van der Waals surface area contributed by atoms with Crippen LogP contribution in [0.4, 0.5) is 5.69 Å². The number of benzene rings is 1. The van der Waals surface area contributed by atoms with Crippen LogP contribution in [0.15, 0.2) is 29.2 Å². The predicted molar refractivity (Wildman–Crippen MR) is 77.9 cm³/mol. The molecule has 0 unspecified atom stereocenters. The summed E-state index contributed by atoms with van der Waals surface area (Å²) in [6.45, 7) is 3.51. The van der Waals surface area contributed by atoms with Crippen molar-refractivity contribution in [2.75, 3.05) is 17.3 Å². The van der Waals surface area contributed by atoms with Gasteiger partial charge in [0.15, 0.2) is 0 Å². The minimum atomic E-state index is 1.15. The Hall–Kier alpha value is -0.630. The second kappa shape index (κ2) is 6.95. The summed E-state index contributed by atoms with van der Waals surface area (Å²) < 4.78 is 0. The molecule has 0 bridgehead atoms. The van der Waals surface area contributed by atoms with E-state index in [4.69, 9.17) is 0 Å². The molecule has 0 aromatic heterocycles. The summed E-state index contributed by atoms with van der Waals surface area (Å²) in [7, 11) is 0. The Bertz CT molecular complexity index is 337. The van der Waals surface area contributed by atoms with Gasteiger partial charge in [-0.05, 0) is 18.6 Å². The zero-order valence-electron chi connectivity index (χ0n) is 10.8. The van der Waals surface area contributed by atoms with E-state index in [1.807, 2.05) is 11.8 Å². The molecule has 17 heavy (non-hydrogen) atoms. The lowest BCUT2D eigenvalue weighted by molar-refractivity contribution is 0.605. The van der Waals surface area contributed by atoms with Gasteiger partial charge in [-0.15, -0.1) is 11.8 Å². The molecule has 1 aliphatic heterocycles. The Kier molecular flexibility index (Phi) is 5.24. The van der Waals surface area contributed by atoms with Crippen molar-refractivity contribution in [3.63, 3.8) is 0 Å². The van der Waals surface area contributed by atoms with Crippen LogP contribution in [0.25, 0.3) is 0 Å². The molecule has 2 rings (SSSR count). The molecule has 1 aromatic carbocycles. The molecule has 2 heteroatoms. The molecule has 1 heterocycles. The summed E-state index contributed by atoms with van der Waals surface area (Å²) >= 11 is 1.97. The molecule has 0 atom stereocenters. The van der Waals surface area contributed by atoms with Crippen LogP contribution in [0, 0.1) is 0 Å². The molecule has 0 saturated carbocycles. The number of nitrogens with zero attached hydrogens (tertiary/aromatic N) is 1. The maximum atomic E-state index is 2.53. The Morgan fingerprint density at radius 1 is 1.06 bits per heavy atom. The van der Waals surface area contributed by atoms with E-state index in [2.05, 4.69) is 36.1 Å². The van der Waals surface area contributed by atoms with Crippen molar-refractivity contribution in [1.82, 2.24) is 0 Å². The first-order valence-electron chi connectivity index (χ1n) is 6.88. The summed E-state index contributed by atoms with van der Waals surface area (Å²) in [5.41, 5.74) is 1.45. The smallest absolute Gasteiger partial charge is 0.0686 e. The van der Waals surface area contributed by atoms with Gasteiger partial charge < -0.3 is 4.90 Å². The molecule has 0 aliphatic carbocycles. The first-order valence-corrected chi connectivity index (χ1v) is 7.87. The predicted octanol–water partition coefficient (Wildman–Crippen LogP) is 4.92. The van der Waals surface area contributed by atoms with Crippen LogP contribution in [0.3, 0.4) is 0 Å². The number of hydrogen-bond donors (Lipinski definition) is 0. The van der Waals surface area contributed by atoms with E-state index in [0.29, 0.717) is 0 Å². The highest BCUT2D eigenvalue weighted by molar-refractivity contribution is 7.99. The van der Waals surface area contributed by atoms with Crippen LogP contribution < -0.4 is 4.90 Å². The molecule has 1 nitrogen and oxygen atoms in total. The highest BCUT2D eigenvalue weighted by Gasteiger charge is 2.17. The monoisotopic (exact) mass is 249 g/mol. The van der Waals surface area contributed by atoms with E-state index in [1.54, 1.807) is 0 Å². The third kappa shape index (κ3) is 3.67. The molecule has 0 fully saturated rings. The number of hydrogen-bond acceptors (Lipinski definition) is 2. The van der Waals surface area contributed by atoms with Crippen molar-refractivity contribution in [3.8, 4) is 0 Å². The third-order valence-corrected chi connectivity index (χ3v) is 4.46.